The summed E-state index contributed by atoms with van der Waals surface area (Å²) in [5.74, 6) is 1.34. The van der Waals surface area contributed by atoms with Crippen molar-refractivity contribution >= 4 is 23.0 Å². The predicted octanol–water partition coefficient (Wildman–Crippen LogP) is 8.03. The number of piperazine rings is 1. The molecular weight excluding hydrogens is 606 g/mol. The number of nitrogen functional groups attached to an aromatic ring is 1. The van der Waals surface area contributed by atoms with E-state index in [0.717, 1.165) is 64.7 Å². The number of carboxylic acids is 1. The van der Waals surface area contributed by atoms with Crippen molar-refractivity contribution in [3.63, 3.8) is 0 Å². The average molecular weight is 668 g/mol. The van der Waals surface area contributed by atoms with Crippen LogP contribution in [-0.4, -0.2) is 59.4 Å². The topological polar surface area (TPSA) is 98.5 Å². The van der Waals surface area contributed by atoms with E-state index in [1.807, 2.05) is 0 Å². The van der Waals surface area contributed by atoms with Crippen molar-refractivity contribution in [1.29, 1.82) is 0 Å². The molecule has 1 saturated heterocycles. The number of allylic oxidation sites excluding steroid dienone is 2. The molecular formula is C42H61N5O2. The van der Waals surface area contributed by atoms with Gasteiger partial charge in [0.05, 0.1) is 5.92 Å². The van der Waals surface area contributed by atoms with Crippen molar-refractivity contribution < 1.29 is 9.90 Å². The Hall–Kier alpha value is -2.80. The lowest BCUT2D eigenvalue weighted by Crippen LogP contribution is -2.64. The number of nitrogens with zero attached hydrogens (tertiary/aromatic N) is 3. The van der Waals surface area contributed by atoms with Gasteiger partial charge in [-0.05, 0) is 127 Å². The third kappa shape index (κ3) is 4.68. The molecule has 7 nitrogen and oxygen atoms in total. The first-order valence-corrected chi connectivity index (χ1v) is 19.3. The minimum absolute atomic E-state index is 0.000638. The average Bonchev–Trinajstić information content (AvgIpc) is 3.41. The first kappa shape index (κ1) is 33.3. The summed E-state index contributed by atoms with van der Waals surface area (Å²) in [4.78, 5) is 17.9. The summed E-state index contributed by atoms with van der Waals surface area (Å²) in [5.41, 5.74) is 15.1. The smallest absolute Gasteiger partial charge is 0.306 e. The maximum atomic E-state index is 12.9. The van der Waals surface area contributed by atoms with Gasteiger partial charge in [-0.2, -0.15) is 5.10 Å². The van der Waals surface area contributed by atoms with E-state index in [-0.39, 0.29) is 38.9 Å². The standard InChI is InChI=1S/C42H61N5O2/c1-38(2)22-29-27(30(23-38)37(48)49)13-15-42(7)34(29)28(25-9-11-26(12-10-25)47-19-17-46(8)18-20-47)21-33-40(5)24-31-35(44-45-36(31)43)39(3,4)32(40)14-16-41(33,42)6/h9-12,27,29-30,32-33H,13-24H2,1-8H3,(H,48,49)(H3,43,44,45)/t27?,29?,30-,32?,33?,40?,41?,42?/m1/s1. The van der Waals surface area contributed by atoms with E-state index in [2.05, 4.69) is 99.8 Å². The number of nitrogens with two attached hydrogens (primary N) is 1. The van der Waals surface area contributed by atoms with Crippen LogP contribution in [0, 0.1) is 51.2 Å². The summed E-state index contributed by atoms with van der Waals surface area (Å²) in [6.45, 7) is 21.7. The predicted molar refractivity (Wildman–Crippen MR) is 198 cm³/mol. The van der Waals surface area contributed by atoms with E-state index < -0.39 is 5.97 Å². The highest BCUT2D eigenvalue weighted by molar-refractivity contribution is 5.76. The van der Waals surface area contributed by atoms with Crippen molar-refractivity contribution in [3.05, 3.63) is 46.7 Å². The molecule has 1 aromatic heterocycles. The number of rotatable bonds is 3. The van der Waals surface area contributed by atoms with Crippen LogP contribution in [0.3, 0.4) is 0 Å². The molecule has 266 valence electrons. The van der Waals surface area contributed by atoms with Crippen molar-refractivity contribution in [2.24, 2.45) is 51.2 Å². The molecule has 8 rings (SSSR count). The molecule has 2 heterocycles. The number of aromatic nitrogens is 2. The molecule has 0 spiro atoms. The van der Waals surface area contributed by atoms with Gasteiger partial charge in [0, 0.05) is 48.5 Å². The van der Waals surface area contributed by atoms with Gasteiger partial charge in [-0.25, -0.2) is 0 Å². The lowest BCUT2D eigenvalue weighted by molar-refractivity contribution is -0.161. The Morgan fingerprint density at radius 2 is 1.63 bits per heavy atom. The first-order chi connectivity index (χ1) is 23.0. The fourth-order valence-corrected chi connectivity index (χ4v) is 13.6. The highest BCUT2D eigenvalue weighted by Gasteiger charge is 2.68. The van der Waals surface area contributed by atoms with Gasteiger partial charge in [0.1, 0.15) is 5.82 Å². The number of likely N-dealkylation sites (N-methyl/N-ethyl adjacent to an activating group) is 1. The monoisotopic (exact) mass is 667 g/mol. The van der Waals surface area contributed by atoms with Crippen LogP contribution in [0.15, 0.2) is 29.8 Å². The zero-order chi connectivity index (χ0) is 34.9. The number of carbonyl (C=O) groups is 1. The number of aromatic amines is 1. The van der Waals surface area contributed by atoms with Gasteiger partial charge in [0.25, 0.3) is 0 Å². The van der Waals surface area contributed by atoms with Crippen LogP contribution in [0.4, 0.5) is 11.5 Å². The zero-order valence-electron chi connectivity index (χ0n) is 31.5. The van der Waals surface area contributed by atoms with E-state index >= 15 is 0 Å². The number of anilines is 2. The van der Waals surface area contributed by atoms with Crippen molar-refractivity contribution in [2.75, 3.05) is 43.9 Å². The number of carboxylic acid groups (broad SMARTS) is 1. The van der Waals surface area contributed by atoms with E-state index in [4.69, 9.17) is 5.73 Å². The fraction of sp³-hybridized carbons (Fsp3) is 0.714. The number of hydrogen-bond donors (Lipinski definition) is 3. The zero-order valence-corrected chi connectivity index (χ0v) is 31.5. The molecule has 6 aliphatic rings. The third-order valence-electron chi connectivity index (χ3n) is 16.2. The molecule has 0 amide bonds. The third-order valence-corrected chi connectivity index (χ3v) is 16.2. The van der Waals surface area contributed by atoms with Crippen LogP contribution >= 0.6 is 0 Å². The summed E-state index contributed by atoms with van der Waals surface area (Å²) in [6.07, 6.45) is 8.38. The van der Waals surface area contributed by atoms with Crippen molar-refractivity contribution in [1.82, 2.24) is 15.1 Å². The van der Waals surface area contributed by atoms with Gasteiger partial charge in [-0.3, -0.25) is 9.89 Å². The van der Waals surface area contributed by atoms with Gasteiger partial charge < -0.3 is 20.6 Å². The number of benzene rings is 1. The molecule has 0 bridgehead atoms. The van der Waals surface area contributed by atoms with Crippen LogP contribution in [0.25, 0.3) is 5.57 Å². The number of hydrogen-bond acceptors (Lipinski definition) is 5. The maximum absolute atomic E-state index is 12.9. The normalized spacial score (nSPS) is 39.7. The van der Waals surface area contributed by atoms with Crippen LogP contribution in [0.5, 0.6) is 0 Å². The van der Waals surface area contributed by atoms with Crippen LogP contribution in [0.2, 0.25) is 0 Å². The summed E-state index contributed by atoms with van der Waals surface area (Å²) in [5, 5.41) is 18.6. The maximum Gasteiger partial charge on any atom is 0.306 e. The molecule has 1 aliphatic heterocycles. The SMILES string of the molecule is CN1CCN(c2ccc(C3=C4C5CC(C)(C)C[C@@H](C(=O)O)C5CCC4(C)C4(C)CCC5C(C)(C)c6[nH]nc(N)c6CC5(C)C4C3)cc2)CC1. The fourth-order valence-electron chi connectivity index (χ4n) is 13.6. The summed E-state index contributed by atoms with van der Waals surface area (Å²) >= 11 is 0. The summed E-state index contributed by atoms with van der Waals surface area (Å²) in [6, 6.07) is 9.59. The Balaban J connectivity index is 1.30. The molecule has 2 aromatic rings. The molecule has 1 aromatic carbocycles. The molecule has 3 saturated carbocycles. The Bertz CT molecular complexity index is 1680. The minimum Gasteiger partial charge on any atom is -0.481 e. The van der Waals surface area contributed by atoms with Crippen LogP contribution < -0.4 is 10.6 Å². The van der Waals surface area contributed by atoms with Gasteiger partial charge in [-0.1, -0.05) is 66.2 Å². The first-order valence-electron chi connectivity index (χ1n) is 19.3. The Morgan fingerprint density at radius 3 is 2.31 bits per heavy atom. The highest BCUT2D eigenvalue weighted by Crippen LogP contribution is 2.76. The minimum atomic E-state index is -0.587. The van der Waals surface area contributed by atoms with Crippen molar-refractivity contribution in [2.45, 2.75) is 105 Å². The quantitative estimate of drug-likeness (QED) is 0.307. The molecule has 4 fully saturated rings. The molecule has 7 unspecified atom stereocenters. The summed E-state index contributed by atoms with van der Waals surface area (Å²) < 4.78 is 0. The number of H-pyrrole nitrogens is 1. The van der Waals surface area contributed by atoms with Gasteiger partial charge >= 0.3 is 5.97 Å². The largest absolute Gasteiger partial charge is 0.481 e. The second-order valence-electron chi connectivity index (χ2n) is 19.5. The Morgan fingerprint density at radius 1 is 0.939 bits per heavy atom. The molecule has 0 radical (unpaired) electrons. The Kier molecular flexibility index (Phi) is 7.39. The molecule has 49 heavy (non-hydrogen) atoms. The second kappa shape index (κ2) is 10.9. The summed E-state index contributed by atoms with van der Waals surface area (Å²) in [7, 11) is 2.21. The van der Waals surface area contributed by atoms with E-state index in [0.29, 0.717) is 23.6 Å². The van der Waals surface area contributed by atoms with Gasteiger partial charge in [0.2, 0.25) is 0 Å². The van der Waals surface area contributed by atoms with E-state index in [1.165, 1.54) is 40.9 Å². The van der Waals surface area contributed by atoms with Crippen LogP contribution in [0.1, 0.15) is 110 Å². The number of nitrogens with one attached hydrogen (secondary N) is 1. The molecule has 5 aliphatic carbocycles. The Labute approximate surface area is 294 Å². The molecule has 7 heteroatoms. The lowest BCUT2D eigenvalue weighted by Gasteiger charge is -2.70. The van der Waals surface area contributed by atoms with Crippen molar-refractivity contribution in [3.8, 4) is 0 Å². The second-order valence-corrected chi connectivity index (χ2v) is 19.5. The van der Waals surface area contributed by atoms with E-state index in [1.54, 1.807) is 5.57 Å². The van der Waals surface area contributed by atoms with E-state index in [9.17, 15) is 9.90 Å². The lowest BCUT2D eigenvalue weighted by atomic mass is 9.33. The molecule has 8 atom stereocenters. The number of aliphatic carboxylic acids is 1. The van der Waals surface area contributed by atoms with Gasteiger partial charge in [-0.15, -0.1) is 0 Å². The number of fused-ring (bicyclic) bond motifs is 8. The van der Waals surface area contributed by atoms with Crippen LogP contribution in [-0.2, 0) is 16.6 Å². The molecule has 4 N–H and O–H groups in total. The highest BCUT2D eigenvalue weighted by atomic mass is 16.4. The van der Waals surface area contributed by atoms with Gasteiger partial charge in [0.15, 0.2) is 0 Å².